The maximum atomic E-state index is 11.9. The lowest BCUT2D eigenvalue weighted by Gasteiger charge is -2.31. The molecule has 1 aromatic rings. The Labute approximate surface area is 123 Å². The van der Waals surface area contributed by atoms with Crippen molar-refractivity contribution < 1.29 is 44.8 Å². The number of benzene rings is 1. The Morgan fingerprint density at radius 2 is 2.09 bits per heavy atom. The predicted octanol–water partition coefficient (Wildman–Crippen LogP) is -1.48. The van der Waals surface area contributed by atoms with E-state index >= 15 is 0 Å². The molecule has 4 unspecified atom stereocenters. The molecule has 0 bridgehead atoms. The van der Waals surface area contributed by atoms with Gasteiger partial charge in [0, 0.05) is 6.42 Å². The van der Waals surface area contributed by atoms with Crippen molar-refractivity contribution in [1.82, 2.24) is 0 Å². The first-order valence-corrected chi connectivity index (χ1v) is 6.43. The third-order valence-corrected chi connectivity index (χ3v) is 3.96. The van der Waals surface area contributed by atoms with Crippen LogP contribution < -0.4 is 4.89 Å². The molecule has 2 aliphatic rings. The Hall–Kier alpha value is -1.91. The lowest BCUT2D eigenvalue weighted by molar-refractivity contribution is -0.262. The van der Waals surface area contributed by atoms with Crippen molar-refractivity contribution in [1.29, 1.82) is 0 Å². The number of aromatic hydroxyl groups is 1. The summed E-state index contributed by atoms with van der Waals surface area (Å²) in [6.07, 6.45) is -3.09. The third kappa shape index (κ3) is 1.87. The molecule has 2 fully saturated rings. The fourth-order valence-corrected chi connectivity index (χ4v) is 2.75. The first kappa shape index (κ1) is 15.0. The number of phenolic OH excluding ortho intramolecular Hbond substituents is 1. The van der Waals surface area contributed by atoms with Crippen LogP contribution in [0, 0.1) is 0 Å². The van der Waals surface area contributed by atoms with Gasteiger partial charge in [0.25, 0.3) is 0 Å². The molecule has 0 amide bonds. The fraction of sp³-hybridized carbons (Fsp3) is 0.462. The lowest BCUT2D eigenvalue weighted by Crippen LogP contribution is -2.59. The normalized spacial score (nSPS) is 37.0. The molecule has 3 rings (SSSR count). The minimum absolute atomic E-state index is 0.250. The number of fused-ring (bicyclic) bond motifs is 1. The second-order valence-electron chi connectivity index (χ2n) is 5.33. The van der Waals surface area contributed by atoms with Gasteiger partial charge in [-0.3, -0.25) is 0 Å². The van der Waals surface area contributed by atoms with E-state index in [0.29, 0.717) is 0 Å². The molecule has 0 aliphatic carbocycles. The number of carbonyl (C=O) groups excluding carboxylic acids is 1. The minimum Gasteiger partial charge on any atom is -0.504 e. The van der Waals surface area contributed by atoms with Crippen molar-refractivity contribution in [2.24, 2.45) is 0 Å². The lowest BCUT2D eigenvalue weighted by atomic mass is 9.85. The van der Waals surface area contributed by atoms with E-state index in [4.69, 9.17) is 14.7 Å². The van der Waals surface area contributed by atoms with Gasteiger partial charge in [-0.25, -0.2) is 10.1 Å². The highest BCUT2D eigenvalue weighted by Gasteiger charge is 2.73. The van der Waals surface area contributed by atoms with E-state index in [2.05, 4.69) is 4.89 Å². The van der Waals surface area contributed by atoms with Crippen LogP contribution in [-0.4, -0.2) is 61.9 Å². The summed E-state index contributed by atoms with van der Waals surface area (Å²) in [7, 11) is 0. The fourth-order valence-electron chi connectivity index (χ4n) is 2.75. The van der Waals surface area contributed by atoms with Crippen LogP contribution >= 0.6 is 0 Å². The zero-order valence-electron chi connectivity index (χ0n) is 11.2. The molecule has 0 spiro atoms. The van der Waals surface area contributed by atoms with Gasteiger partial charge in [0.15, 0.2) is 11.9 Å². The van der Waals surface area contributed by atoms with Crippen LogP contribution in [0.1, 0.15) is 5.56 Å². The van der Waals surface area contributed by atoms with Crippen LogP contribution in [0.15, 0.2) is 18.2 Å². The smallest absolute Gasteiger partial charge is 0.344 e. The van der Waals surface area contributed by atoms with Crippen LogP contribution in [0.5, 0.6) is 11.5 Å². The van der Waals surface area contributed by atoms with Gasteiger partial charge in [-0.05, 0) is 17.7 Å². The molecule has 22 heavy (non-hydrogen) atoms. The van der Waals surface area contributed by atoms with Gasteiger partial charge in [0.05, 0.1) is 6.61 Å². The van der Waals surface area contributed by atoms with Crippen molar-refractivity contribution in [3.05, 3.63) is 23.8 Å². The van der Waals surface area contributed by atoms with Gasteiger partial charge >= 0.3 is 5.97 Å². The third-order valence-electron chi connectivity index (χ3n) is 3.96. The molecular formula is C13H14O9. The van der Waals surface area contributed by atoms with Crippen LogP contribution in [0.4, 0.5) is 0 Å². The van der Waals surface area contributed by atoms with Crippen LogP contribution in [0.25, 0.3) is 0 Å². The summed E-state index contributed by atoms with van der Waals surface area (Å²) in [5.74, 6) is -4.17. The van der Waals surface area contributed by atoms with Gasteiger partial charge in [-0.1, -0.05) is 6.07 Å². The Kier molecular flexibility index (Phi) is 3.27. The van der Waals surface area contributed by atoms with E-state index in [-0.39, 0.29) is 23.7 Å². The Morgan fingerprint density at radius 1 is 1.36 bits per heavy atom. The van der Waals surface area contributed by atoms with Crippen LogP contribution in [0.3, 0.4) is 0 Å². The van der Waals surface area contributed by atoms with E-state index in [1.807, 2.05) is 0 Å². The van der Waals surface area contributed by atoms with E-state index < -0.39 is 36.0 Å². The molecule has 0 radical (unpaired) electrons. The first-order chi connectivity index (χ1) is 10.3. The first-order valence-electron chi connectivity index (χ1n) is 6.43. The molecule has 0 saturated carbocycles. The Balaban J connectivity index is 1.95. The number of phenols is 1. The summed E-state index contributed by atoms with van der Waals surface area (Å²) in [6.45, 7) is -0.294. The molecule has 2 heterocycles. The van der Waals surface area contributed by atoms with Crippen LogP contribution in [-0.2, 0) is 20.7 Å². The van der Waals surface area contributed by atoms with Crippen molar-refractivity contribution >= 4 is 5.97 Å². The highest BCUT2D eigenvalue weighted by molar-refractivity contribution is 5.84. The topological polar surface area (TPSA) is 146 Å². The van der Waals surface area contributed by atoms with Gasteiger partial charge in [0.1, 0.15) is 6.10 Å². The summed E-state index contributed by atoms with van der Waals surface area (Å²) >= 11 is 0. The quantitative estimate of drug-likeness (QED) is 0.256. The second-order valence-corrected chi connectivity index (χ2v) is 5.33. The highest BCUT2D eigenvalue weighted by Crippen LogP contribution is 2.45. The molecule has 5 N–H and O–H groups in total. The molecule has 120 valence electrons. The molecule has 0 aromatic heterocycles. The molecule has 4 atom stereocenters. The monoisotopic (exact) mass is 314 g/mol. The van der Waals surface area contributed by atoms with E-state index in [1.165, 1.54) is 18.2 Å². The number of rotatable bonds is 3. The highest BCUT2D eigenvalue weighted by atomic mass is 17.1. The van der Waals surface area contributed by atoms with Crippen molar-refractivity contribution in [3.63, 3.8) is 0 Å². The van der Waals surface area contributed by atoms with Crippen LogP contribution in [0.2, 0.25) is 0 Å². The van der Waals surface area contributed by atoms with E-state index in [1.54, 1.807) is 0 Å². The van der Waals surface area contributed by atoms with Gasteiger partial charge in [-0.2, -0.15) is 0 Å². The maximum absolute atomic E-state index is 11.9. The zero-order chi connectivity index (χ0) is 16.1. The summed E-state index contributed by atoms with van der Waals surface area (Å²) in [5.41, 5.74) is -2.20. The number of esters is 1. The van der Waals surface area contributed by atoms with Gasteiger partial charge < -0.3 is 34.8 Å². The Morgan fingerprint density at radius 3 is 2.77 bits per heavy atom. The van der Waals surface area contributed by atoms with Crippen molar-refractivity contribution in [2.75, 3.05) is 6.61 Å². The van der Waals surface area contributed by atoms with Gasteiger partial charge in [-0.15, -0.1) is 0 Å². The van der Waals surface area contributed by atoms with Gasteiger partial charge in [0.2, 0.25) is 17.1 Å². The molecule has 9 heteroatoms. The average Bonchev–Trinajstić information content (AvgIpc) is 2.87. The molecule has 9 nitrogen and oxygen atoms in total. The van der Waals surface area contributed by atoms with Crippen molar-refractivity contribution in [2.45, 2.75) is 30.0 Å². The number of hydrogen-bond donors (Lipinski definition) is 5. The maximum Gasteiger partial charge on any atom is 0.344 e. The summed E-state index contributed by atoms with van der Waals surface area (Å²) in [6, 6.07) is 3.70. The minimum atomic E-state index is -2.45. The Bertz CT molecular complexity index is 618. The summed E-state index contributed by atoms with van der Waals surface area (Å²) in [5, 5.41) is 48.7. The second kappa shape index (κ2) is 4.80. The SMILES string of the molecule is O=C1OC2C(O)COC2(O)C1(O)Cc1ccc(O)c(OO)c1. The van der Waals surface area contributed by atoms with Crippen molar-refractivity contribution in [3.8, 4) is 11.5 Å². The largest absolute Gasteiger partial charge is 0.504 e. The number of aliphatic hydroxyl groups is 3. The van der Waals surface area contributed by atoms with E-state index in [0.717, 1.165) is 0 Å². The summed E-state index contributed by atoms with van der Waals surface area (Å²) in [4.78, 5) is 15.9. The molecule has 2 aliphatic heterocycles. The summed E-state index contributed by atoms with van der Waals surface area (Å²) < 4.78 is 9.82. The number of ether oxygens (including phenoxy) is 2. The van der Waals surface area contributed by atoms with E-state index in [9.17, 15) is 25.2 Å². The molecular weight excluding hydrogens is 300 g/mol. The predicted molar refractivity (Wildman–Crippen MR) is 66.8 cm³/mol. The number of carbonyl (C=O) groups is 1. The standard InChI is InChI=1S/C13H14O9/c14-7-2-1-6(3-9(7)22-19)4-12(17)11(16)21-10-8(15)5-20-13(10,12)18/h1-3,8,10,14-15,17-19H,4-5H2. The number of aliphatic hydroxyl groups excluding tert-OH is 1. The average molecular weight is 314 g/mol. The molecule has 2 saturated heterocycles. The molecule has 1 aromatic carbocycles. The number of hydrogen-bond acceptors (Lipinski definition) is 9. The zero-order valence-corrected chi connectivity index (χ0v) is 11.2.